The summed E-state index contributed by atoms with van der Waals surface area (Å²) in [6.45, 7) is 0.744. The number of hydrogen-bond acceptors (Lipinski definition) is 4. The smallest absolute Gasteiger partial charge is 0.257 e. The third-order valence-electron chi connectivity index (χ3n) is 2.99. The summed E-state index contributed by atoms with van der Waals surface area (Å²) in [6.07, 6.45) is 0. The lowest BCUT2D eigenvalue weighted by atomic mass is 10.2. The highest BCUT2D eigenvalue weighted by Gasteiger charge is 2.17. The van der Waals surface area contributed by atoms with E-state index in [0.29, 0.717) is 10.7 Å². The van der Waals surface area contributed by atoms with Gasteiger partial charge in [-0.3, -0.25) is 15.1 Å². The second-order valence-electron chi connectivity index (χ2n) is 4.57. The molecule has 1 aliphatic heterocycles. The van der Waals surface area contributed by atoms with Crippen molar-refractivity contribution in [3.63, 3.8) is 0 Å². The highest BCUT2D eigenvalue weighted by molar-refractivity contribution is 8.14. The lowest BCUT2D eigenvalue weighted by molar-refractivity contribution is 0.0977. The van der Waals surface area contributed by atoms with E-state index in [1.807, 2.05) is 23.2 Å². The Hall–Kier alpha value is -2.27. The van der Waals surface area contributed by atoms with E-state index < -0.39 is 0 Å². The van der Waals surface area contributed by atoms with Crippen LogP contribution in [0.1, 0.15) is 15.9 Å². The van der Waals surface area contributed by atoms with Crippen LogP contribution < -0.4 is 5.32 Å². The topological polar surface area (TPSA) is 44.7 Å². The molecule has 1 N–H and O–H groups in total. The fourth-order valence-corrected chi connectivity index (χ4v) is 2.72. The Morgan fingerprint density at radius 1 is 1.24 bits per heavy atom. The predicted octanol–water partition coefficient (Wildman–Crippen LogP) is 2.69. The quantitative estimate of drug-likeness (QED) is 0.947. The number of hydrogen-bond donors (Lipinski definition) is 1. The molecule has 0 spiro atoms. The molecule has 105 valence electrons. The summed E-state index contributed by atoms with van der Waals surface area (Å²) in [6, 6.07) is 20.0. The normalized spacial score (nSPS) is 13.9. The summed E-state index contributed by atoms with van der Waals surface area (Å²) in [5, 5.41) is 9.83. The summed E-state index contributed by atoms with van der Waals surface area (Å²) >= 11 is 1.53. The molecule has 0 aliphatic carbocycles. The molecule has 0 bridgehead atoms. The standard InChI is InChI=1S/C16H14N3OS/c20-15(14-9-5-2-6-10-14)17-16-18-19(12-21-16)11-13-7-3-1-4-8-13/h1,3-10H,11-12H2,(H,17,18,20). The van der Waals surface area contributed by atoms with Crippen LogP contribution >= 0.6 is 11.8 Å². The van der Waals surface area contributed by atoms with Crippen molar-refractivity contribution in [2.24, 2.45) is 5.10 Å². The van der Waals surface area contributed by atoms with E-state index in [1.165, 1.54) is 17.3 Å². The number of benzene rings is 2. The van der Waals surface area contributed by atoms with Crippen molar-refractivity contribution < 1.29 is 4.79 Å². The van der Waals surface area contributed by atoms with Crippen LogP contribution in [0.4, 0.5) is 0 Å². The third-order valence-corrected chi connectivity index (χ3v) is 3.88. The average molecular weight is 296 g/mol. The van der Waals surface area contributed by atoms with Crippen LogP contribution in [-0.4, -0.2) is 22.0 Å². The van der Waals surface area contributed by atoms with Gasteiger partial charge in [-0.1, -0.05) is 54.2 Å². The molecule has 0 atom stereocenters. The molecule has 1 radical (unpaired) electrons. The van der Waals surface area contributed by atoms with Crippen molar-refractivity contribution in [1.29, 1.82) is 0 Å². The van der Waals surface area contributed by atoms with E-state index >= 15 is 0 Å². The minimum Gasteiger partial charge on any atom is -0.300 e. The first-order valence-electron chi connectivity index (χ1n) is 6.59. The van der Waals surface area contributed by atoms with Crippen LogP contribution in [0, 0.1) is 6.07 Å². The molecule has 0 saturated carbocycles. The van der Waals surface area contributed by atoms with Gasteiger partial charge in [0.05, 0.1) is 12.4 Å². The number of amides is 1. The maximum Gasteiger partial charge on any atom is 0.257 e. The zero-order valence-electron chi connectivity index (χ0n) is 11.3. The first-order chi connectivity index (χ1) is 10.3. The molecular formula is C16H14N3OS. The van der Waals surface area contributed by atoms with Gasteiger partial charge in [-0.15, -0.1) is 0 Å². The molecule has 1 amide bonds. The second kappa shape index (κ2) is 6.45. The van der Waals surface area contributed by atoms with Crippen molar-refractivity contribution in [2.75, 3.05) is 5.88 Å². The van der Waals surface area contributed by atoms with Gasteiger partial charge in [0.25, 0.3) is 5.91 Å². The predicted molar refractivity (Wildman–Crippen MR) is 84.6 cm³/mol. The van der Waals surface area contributed by atoms with Gasteiger partial charge in [0.1, 0.15) is 0 Å². The van der Waals surface area contributed by atoms with E-state index in [1.54, 1.807) is 24.3 Å². The Bertz CT molecular complexity index is 643. The van der Waals surface area contributed by atoms with Gasteiger partial charge in [-0.2, -0.15) is 5.10 Å². The van der Waals surface area contributed by atoms with Crippen LogP contribution in [0.5, 0.6) is 0 Å². The second-order valence-corrected chi connectivity index (χ2v) is 5.51. The highest BCUT2D eigenvalue weighted by atomic mass is 32.2. The summed E-state index contributed by atoms with van der Waals surface area (Å²) in [4.78, 5) is 12.0. The van der Waals surface area contributed by atoms with E-state index in [0.717, 1.165) is 12.4 Å². The van der Waals surface area contributed by atoms with Crippen molar-refractivity contribution in [3.05, 3.63) is 71.8 Å². The molecule has 1 heterocycles. The summed E-state index contributed by atoms with van der Waals surface area (Å²) in [5.74, 6) is 0.601. The maximum absolute atomic E-state index is 12.0. The largest absolute Gasteiger partial charge is 0.300 e. The SMILES string of the molecule is O=C(NC1=NN(Cc2ccccc2)CS1)c1cc[c]cc1. The Kier molecular flexibility index (Phi) is 4.21. The van der Waals surface area contributed by atoms with Gasteiger partial charge in [-0.05, 0) is 23.8 Å². The number of nitrogens with zero attached hydrogens (tertiary/aromatic N) is 2. The number of nitrogens with one attached hydrogen (secondary N) is 1. The maximum atomic E-state index is 12.0. The van der Waals surface area contributed by atoms with Crippen LogP contribution in [0.3, 0.4) is 0 Å². The van der Waals surface area contributed by atoms with E-state index in [2.05, 4.69) is 28.6 Å². The molecule has 4 nitrogen and oxygen atoms in total. The van der Waals surface area contributed by atoms with E-state index in [4.69, 9.17) is 0 Å². The molecule has 1 aliphatic rings. The Morgan fingerprint density at radius 2 is 2.00 bits per heavy atom. The molecule has 3 rings (SSSR count). The highest BCUT2D eigenvalue weighted by Crippen LogP contribution is 2.18. The molecule has 2 aromatic rings. The van der Waals surface area contributed by atoms with E-state index in [9.17, 15) is 4.79 Å². The molecule has 0 fully saturated rings. The van der Waals surface area contributed by atoms with Gasteiger partial charge >= 0.3 is 0 Å². The first kappa shape index (κ1) is 13.7. The summed E-state index contributed by atoms with van der Waals surface area (Å²) in [5.41, 5.74) is 1.81. The third kappa shape index (κ3) is 3.64. The van der Waals surface area contributed by atoms with Crippen LogP contribution in [0.15, 0.2) is 59.7 Å². The minimum absolute atomic E-state index is 0.142. The zero-order valence-corrected chi connectivity index (χ0v) is 12.1. The molecule has 0 unspecified atom stereocenters. The Morgan fingerprint density at radius 3 is 2.76 bits per heavy atom. The fourth-order valence-electron chi connectivity index (χ4n) is 1.97. The van der Waals surface area contributed by atoms with Gasteiger partial charge in [0.15, 0.2) is 5.17 Å². The zero-order chi connectivity index (χ0) is 14.5. The van der Waals surface area contributed by atoms with Crippen LogP contribution in [0.2, 0.25) is 0 Å². The fraction of sp³-hybridized carbons (Fsp3) is 0.125. The van der Waals surface area contributed by atoms with E-state index in [-0.39, 0.29) is 5.91 Å². The number of amidine groups is 1. The van der Waals surface area contributed by atoms with Crippen molar-refractivity contribution in [3.8, 4) is 0 Å². The average Bonchev–Trinajstić information content (AvgIpc) is 2.96. The van der Waals surface area contributed by atoms with Gasteiger partial charge in [0, 0.05) is 5.56 Å². The lowest BCUT2D eigenvalue weighted by Crippen LogP contribution is -2.27. The monoisotopic (exact) mass is 296 g/mol. The number of thioether (sulfide) groups is 1. The molecule has 0 saturated heterocycles. The van der Waals surface area contributed by atoms with Crippen molar-refractivity contribution >= 4 is 22.8 Å². The Labute approximate surface area is 127 Å². The number of rotatable bonds is 3. The van der Waals surface area contributed by atoms with Crippen molar-refractivity contribution in [1.82, 2.24) is 10.3 Å². The minimum atomic E-state index is -0.142. The van der Waals surface area contributed by atoms with Gasteiger partial charge in [-0.25, -0.2) is 0 Å². The molecular weight excluding hydrogens is 282 g/mol. The Balaban J connectivity index is 1.60. The van der Waals surface area contributed by atoms with Crippen LogP contribution in [0.25, 0.3) is 0 Å². The molecule has 0 aromatic heterocycles. The molecule has 5 heteroatoms. The van der Waals surface area contributed by atoms with Gasteiger partial charge in [0.2, 0.25) is 0 Å². The van der Waals surface area contributed by atoms with Gasteiger partial charge < -0.3 is 0 Å². The molecule has 2 aromatic carbocycles. The number of carbonyl (C=O) groups is 1. The number of carbonyl (C=O) groups excluding carboxylic acids is 1. The van der Waals surface area contributed by atoms with Crippen LogP contribution in [-0.2, 0) is 6.54 Å². The lowest BCUT2D eigenvalue weighted by Gasteiger charge is -2.11. The first-order valence-corrected chi connectivity index (χ1v) is 7.57. The number of hydrazone groups is 1. The van der Waals surface area contributed by atoms with Crippen molar-refractivity contribution in [2.45, 2.75) is 6.54 Å². The summed E-state index contributed by atoms with van der Waals surface area (Å²) in [7, 11) is 0. The summed E-state index contributed by atoms with van der Waals surface area (Å²) < 4.78 is 0. The molecule has 21 heavy (non-hydrogen) atoms.